The van der Waals surface area contributed by atoms with Crippen LogP contribution in [0.3, 0.4) is 0 Å². The zero-order valence-corrected chi connectivity index (χ0v) is 11.5. The summed E-state index contributed by atoms with van der Waals surface area (Å²) in [7, 11) is 0. The van der Waals surface area contributed by atoms with Crippen LogP contribution >= 0.6 is 0 Å². The minimum atomic E-state index is -0.516. The van der Waals surface area contributed by atoms with E-state index in [4.69, 9.17) is 4.74 Å². The van der Waals surface area contributed by atoms with Crippen molar-refractivity contribution >= 4 is 5.97 Å². The Morgan fingerprint density at radius 1 is 1.37 bits per heavy atom. The fraction of sp³-hybridized carbons (Fsp3) is 0.800. The standard InChI is InChI=1S/C15H22O4/c1-7-4-11-9(8(2)14(18)19-11)6-15(3)12(17)5-10(16)13(7)15/h7,9-13,16-17H,2,4-6H2,1,3H3/t7-,9+,10-,11-,12-,13+,15+/m0/s1. The van der Waals surface area contributed by atoms with E-state index in [-0.39, 0.29) is 35.2 Å². The highest BCUT2D eigenvalue weighted by molar-refractivity contribution is 5.90. The van der Waals surface area contributed by atoms with Crippen molar-refractivity contribution < 1.29 is 19.7 Å². The topological polar surface area (TPSA) is 66.8 Å². The van der Waals surface area contributed by atoms with Crippen molar-refractivity contribution in [3.05, 3.63) is 12.2 Å². The third-order valence-electron chi connectivity index (χ3n) is 5.70. The van der Waals surface area contributed by atoms with Gasteiger partial charge in [0.1, 0.15) is 6.10 Å². The second kappa shape index (κ2) is 4.06. The molecule has 0 spiro atoms. The minimum absolute atomic E-state index is 0.00935. The number of rotatable bonds is 0. The van der Waals surface area contributed by atoms with Crippen LogP contribution < -0.4 is 0 Å². The summed E-state index contributed by atoms with van der Waals surface area (Å²) in [6, 6.07) is 0. The molecule has 1 aliphatic heterocycles. The summed E-state index contributed by atoms with van der Waals surface area (Å²) in [5.74, 6) is -0.00682. The quantitative estimate of drug-likeness (QED) is 0.512. The maximum atomic E-state index is 11.7. The number of hydrogen-bond acceptors (Lipinski definition) is 4. The normalized spacial score (nSPS) is 53.5. The van der Waals surface area contributed by atoms with E-state index in [2.05, 4.69) is 13.5 Å². The van der Waals surface area contributed by atoms with Gasteiger partial charge in [0.05, 0.1) is 12.2 Å². The van der Waals surface area contributed by atoms with Crippen molar-refractivity contribution in [3.63, 3.8) is 0 Å². The number of carbonyl (C=O) groups excluding carboxylic acids is 1. The Balaban J connectivity index is 1.98. The number of aliphatic hydroxyl groups is 2. The maximum Gasteiger partial charge on any atom is 0.334 e. The number of esters is 1. The molecule has 1 heterocycles. The molecule has 106 valence electrons. The van der Waals surface area contributed by atoms with Gasteiger partial charge in [-0.15, -0.1) is 0 Å². The van der Waals surface area contributed by atoms with Gasteiger partial charge in [0.2, 0.25) is 0 Å². The van der Waals surface area contributed by atoms with Gasteiger partial charge in [0, 0.05) is 17.9 Å². The van der Waals surface area contributed by atoms with Crippen molar-refractivity contribution in [2.24, 2.45) is 23.2 Å². The molecule has 0 aromatic rings. The summed E-state index contributed by atoms with van der Waals surface area (Å²) in [4.78, 5) is 11.7. The first-order valence-corrected chi connectivity index (χ1v) is 7.10. The minimum Gasteiger partial charge on any atom is -0.458 e. The molecule has 0 amide bonds. The Bertz CT molecular complexity index is 432. The fourth-order valence-electron chi connectivity index (χ4n) is 4.73. The monoisotopic (exact) mass is 266 g/mol. The van der Waals surface area contributed by atoms with Gasteiger partial charge in [0.25, 0.3) is 0 Å². The summed E-state index contributed by atoms with van der Waals surface area (Å²) >= 11 is 0. The molecule has 19 heavy (non-hydrogen) atoms. The number of fused-ring (bicyclic) bond motifs is 2. The molecule has 3 aliphatic rings. The number of hydrogen-bond donors (Lipinski definition) is 2. The van der Waals surface area contributed by atoms with E-state index in [0.717, 1.165) is 6.42 Å². The summed E-state index contributed by atoms with van der Waals surface area (Å²) in [5.41, 5.74) is 0.183. The van der Waals surface area contributed by atoms with Crippen LogP contribution in [0.4, 0.5) is 0 Å². The highest BCUT2D eigenvalue weighted by Gasteiger charge is 2.58. The van der Waals surface area contributed by atoms with Gasteiger partial charge >= 0.3 is 5.97 Å². The van der Waals surface area contributed by atoms with Crippen LogP contribution in [0.15, 0.2) is 12.2 Å². The van der Waals surface area contributed by atoms with Crippen molar-refractivity contribution in [1.82, 2.24) is 0 Å². The Kier molecular flexibility index (Phi) is 2.81. The molecule has 2 aliphatic carbocycles. The first-order valence-electron chi connectivity index (χ1n) is 7.10. The lowest BCUT2D eigenvalue weighted by molar-refractivity contribution is -0.139. The summed E-state index contributed by atoms with van der Waals surface area (Å²) in [6.07, 6.45) is 0.755. The number of aliphatic hydroxyl groups excluding tert-OH is 2. The first kappa shape index (κ1) is 13.1. The third-order valence-corrected chi connectivity index (χ3v) is 5.70. The van der Waals surface area contributed by atoms with Gasteiger partial charge < -0.3 is 14.9 Å². The van der Waals surface area contributed by atoms with Gasteiger partial charge in [-0.1, -0.05) is 20.4 Å². The predicted molar refractivity (Wildman–Crippen MR) is 69.1 cm³/mol. The van der Waals surface area contributed by atoms with E-state index in [1.165, 1.54) is 0 Å². The zero-order chi connectivity index (χ0) is 13.9. The molecule has 2 N–H and O–H groups in total. The lowest BCUT2D eigenvalue weighted by Gasteiger charge is -2.37. The first-order chi connectivity index (χ1) is 8.84. The molecule has 1 saturated heterocycles. The van der Waals surface area contributed by atoms with Crippen molar-refractivity contribution in [3.8, 4) is 0 Å². The SMILES string of the molecule is C=C1C(=O)O[C@H]2C[C@H](C)[C@@H]3[C@@H](O)C[C@H](O)[C@@]3(C)C[C@H]12. The molecule has 3 fully saturated rings. The van der Waals surface area contributed by atoms with E-state index in [1.54, 1.807) is 0 Å². The Morgan fingerprint density at radius 3 is 2.74 bits per heavy atom. The Morgan fingerprint density at radius 2 is 2.05 bits per heavy atom. The number of carbonyl (C=O) groups is 1. The largest absolute Gasteiger partial charge is 0.458 e. The van der Waals surface area contributed by atoms with E-state index in [0.29, 0.717) is 18.4 Å². The lowest BCUT2D eigenvalue weighted by atomic mass is 9.69. The lowest BCUT2D eigenvalue weighted by Crippen LogP contribution is -2.37. The van der Waals surface area contributed by atoms with Crippen LogP contribution in [-0.4, -0.2) is 34.5 Å². The highest BCUT2D eigenvalue weighted by Crippen LogP contribution is 2.56. The average Bonchev–Trinajstić information content (AvgIpc) is 2.63. The molecular formula is C15H22O4. The van der Waals surface area contributed by atoms with E-state index in [1.807, 2.05) is 6.92 Å². The summed E-state index contributed by atoms with van der Waals surface area (Å²) in [5, 5.41) is 20.6. The van der Waals surface area contributed by atoms with Gasteiger partial charge in [0.15, 0.2) is 0 Å². The third kappa shape index (κ3) is 1.69. The molecule has 0 aromatic carbocycles. The van der Waals surface area contributed by atoms with E-state index in [9.17, 15) is 15.0 Å². The van der Waals surface area contributed by atoms with Gasteiger partial charge in [-0.3, -0.25) is 0 Å². The van der Waals surface area contributed by atoms with Gasteiger partial charge in [-0.05, 0) is 30.1 Å². The Labute approximate surface area is 113 Å². The van der Waals surface area contributed by atoms with Crippen LogP contribution in [0.5, 0.6) is 0 Å². The van der Waals surface area contributed by atoms with E-state index < -0.39 is 12.2 Å². The summed E-state index contributed by atoms with van der Waals surface area (Å²) in [6.45, 7) is 7.98. The molecule has 2 saturated carbocycles. The van der Waals surface area contributed by atoms with Crippen molar-refractivity contribution in [1.29, 1.82) is 0 Å². The molecule has 0 aromatic heterocycles. The van der Waals surface area contributed by atoms with Crippen LogP contribution in [0.2, 0.25) is 0 Å². The van der Waals surface area contributed by atoms with Crippen LogP contribution in [0, 0.1) is 23.2 Å². The van der Waals surface area contributed by atoms with Crippen LogP contribution in [0.25, 0.3) is 0 Å². The highest BCUT2D eigenvalue weighted by atomic mass is 16.6. The molecule has 4 heteroatoms. The van der Waals surface area contributed by atoms with Crippen LogP contribution in [0.1, 0.15) is 33.1 Å². The molecule has 4 nitrogen and oxygen atoms in total. The second-order valence-electron chi connectivity index (χ2n) is 6.84. The number of ether oxygens (including phenoxy) is 1. The van der Waals surface area contributed by atoms with E-state index >= 15 is 0 Å². The van der Waals surface area contributed by atoms with Gasteiger partial charge in [-0.2, -0.15) is 0 Å². The molecule has 7 atom stereocenters. The average molecular weight is 266 g/mol. The van der Waals surface area contributed by atoms with Crippen LogP contribution in [-0.2, 0) is 9.53 Å². The maximum absolute atomic E-state index is 11.7. The summed E-state index contributed by atoms with van der Waals surface area (Å²) < 4.78 is 5.41. The zero-order valence-electron chi connectivity index (χ0n) is 11.5. The molecule has 0 bridgehead atoms. The molecule has 0 radical (unpaired) electrons. The van der Waals surface area contributed by atoms with Crippen molar-refractivity contribution in [2.75, 3.05) is 0 Å². The Hall–Kier alpha value is -0.870. The predicted octanol–water partition coefficient (Wildman–Crippen LogP) is 1.26. The second-order valence-corrected chi connectivity index (χ2v) is 6.84. The molecule has 0 unspecified atom stereocenters. The van der Waals surface area contributed by atoms with Gasteiger partial charge in [-0.25, -0.2) is 4.79 Å². The fourth-order valence-corrected chi connectivity index (χ4v) is 4.73. The smallest absolute Gasteiger partial charge is 0.334 e. The molecule has 3 rings (SSSR count). The van der Waals surface area contributed by atoms with Crippen molar-refractivity contribution in [2.45, 2.75) is 51.4 Å². The molecular weight excluding hydrogens is 244 g/mol.